The minimum absolute atomic E-state index is 0.0972. The molecule has 0 aliphatic carbocycles. The fourth-order valence-electron chi connectivity index (χ4n) is 0.0408. The van der Waals surface area contributed by atoms with Crippen molar-refractivity contribution in [3.8, 4) is 0 Å². The van der Waals surface area contributed by atoms with Crippen molar-refractivity contribution in [1.82, 2.24) is 5.01 Å². The van der Waals surface area contributed by atoms with Gasteiger partial charge in [0.1, 0.15) is 0 Å². The van der Waals surface area contributed by atoms with Crippen LogP contribution >= 0.6 is 0 Å². The van der Waals surface area contributed by atoms with Gasteiger partial charge >= 0.3 is 0 Å². The van der Waals surface area contributed by atoms with Crippen LogP contribution in [0.15, 0.2) is 5.29 Å². The number of hydrogen-bond donors (Lipinski definition) is 0. The van der Waals surface area contributed by atoms with Crippen molar-refractivity contribution >= 4 is 0 Å². The fraction of sp³-hybridized carbons (Fsp3) is 1.00. The summed E-state index contributed by atoms with van der Waals surface area (Å²) in [6.07, 6.45) is 0. The minimum atomic E-state index is -2.82. The van der Waals surface area contributed by atoms with Crippen LogP contribution in [0.2, 0.25) is 0 Å². The van der Waals surface area contributed by atoms with Crippen LogP contribution in [0.1, 0.15) is 13.8 Å². The van der Waals surface area contributed by atoms with Gasteiger partial charge in [-0.05, 0) is 6.92 Å². The second-order valence-electron chi connectivity index (χ2n) is 0.617. The molecule has 0 amide bonds. The molecule has 0 aromatic carbocycles. The third-order valence-electron chi connectivity index (χ3n) is 0.293. The van der Waals surface area contributed by atoms with Crippen molar-refractivity contribution in [1.29, 1.82) is 0 Å². The van der Waals surface area contributed by atoms with Gasteiger partial charge in [0, 0.05) is 17.6 Å². The van der Waals surface area contributed by atoms with E-state index in [9.17, 15) is 4.91 Å². The van der Waals surface area contributed by atoms with Crippen LogP contribution in [0.3, 0.4) is 0 Å². The van der Waals surface area contributed by atoms with Crippen LogP contribution in [0.5, 0.6) is 0 Å². The number of nitrogens with zero attached hydrogens (tertiary/aromatic N) is 2. The molecule has 0 aliphatic rings. The molecule has 0 radical (unpaired) electrons. The maximum absolute atomic E-state index is 9.87. The average molecular weight is 93.1 g/mol. The lowest BCUT2D eigenvalue weighted by molar-refractivity contribution is 0.370. The maximum Gasteiger partial charge on any atom is 0.0521 e. The smallest absolute Gasteiger partial charge is 0.0521 e. The molecule has 6 heavy (non-hydrogen) atoms. The molecule has 0 N–H and O–H groups in total. The molecular weight excluding hydrogens is 80.0 g/mol. The van der Waals surface area contributed by atoms with Crippen molar-refractivity contribution < 1.29 is 6.85 Å². The molecule has 36 valence electrons. The summed E-state index contributed by atoms with van der Waals surface area (Å²) in [5.41, 5.74) is 0. The highest BCUT2D eigenvalue weighted by Gasteiger charge is 1.80. The van der Waals surface area contributed by atoms with E-state index in [1.807, 2.05) is 0 Å². The highest BCUT2D eigenvalue weighted by atomic mass is 16.3. The number of hydrogen-bond acceptors (Lipinski definition) is 2. The summed E-state index contributed by atoms with van der Waals surface area (Å²) in [6, 6.07) is 0. The first-order valence-corrected chi connectivity index (χ1v) is 1.33. The molecule has 0 bridgehead atoms. The normalized spacial score (nSPS) is 24.5. The lowest BCUT2D eigenvalue weighted by Gasteiger charge is -1.99. The van der Waals surface area contributed by atoms with Crippen molar-refractivity contribution in [3.05, 3.63) is 4.91 Å². The first kappa shape index (κ1) is 1.18. The molecule has 0 aliphatic heterocycles. The molecule has 0 rings (SSSR count). The van der Waals surface area contributed by atoms with Crippen LogP contribution in [0.25, 0.3) is 0 Å². The van der Waals surface area contributed by atoms with Crippen molar-refractivity contribution in [2.45, 2.75) is 6.92 Å². The Kier molecular flexibility index (Phi) is 0.518. The largest absolute Gasteiger partial charge is 0.264 e. The molecule has 0 saturated heterocycles. The first-order chi connectivity index (χ1) is 4.69. The summed E-state index contributed by atoms with van der Waals surface area (Å²) >= 11 is 0. The van der Waals surface area contributed by atoms with Crippen LogP contribution in [0, 0.1) is 4.91 Å². The monoisotopic (exact) mass is 93.1 g/mol. The van der Waals surface area contributed by atoms with Gasteiger partial charge < -0.3 is 0 Å². The third-order valence-corrected chi connectivity index (χ3v) is 0.293. The molecule has 3 nitrogen and oxygen atoms in total. The third kappa shape index (κ3) is 1.69. The molecule has 0 heterocycles. The Morgan fingerprint density at radius 1 is 2.33 bits per heavy atom. The standard InChI is InChI=1S/C3H8N2O/c1-3-5(2)4-6/h3H2,1-2H3/i2D3,3D2. The van der Waals surface area contributed by atoms with E-state index >= 15 is 0 Å². The quantitative estimate of drug-likeness (QED) is 0.370. The zero-order valence-electron chi connectivity index (χ0n) is 8.30. The van der Waals surface area contributed by atoms with E-state index in [0.29, 0.717) is 0 Å². The second-order valence-corrected chi connectivity index (χ2v) is 0.617. The lowest BCUT2D eigenvalue weighted by atomic mass is 10.8. The van der Waals surface area contributed by atoms with E-state index in [4.69, 9.17) is 6.85 Å². The maximum atomic E-state index is 9.87. The summed E-state index contributed by atoms with van der Waals surface area (Å²) in [5, 5.41) is 1.98. The average Bonchev–Trinajstić information content (AvgIpc) is 1.56. The molecule has 0 fully saturated rings. The summed E-state index contributed by atoms with van der Waals surface area (Å²) in [4.78, 5) is 9.87. The molecule has 3 heteroatoms. The van der Waals surface area contributed by atoms with Crippen LogP contribution < -0.4 is 0 Å². The zero-order chi connectivity index (χ0) is 9.28. The molecule has 0 aromatic rings. The van der Waals surface area contributed by atoms with Gasteiger partial charge in [-0.25, -0.2) is 0 Å². The van der Waals surface area contributed by atoms with Crippen LogP contribution in [0.4, 0.5) is 0 Å². The molecule has 0 saturated carbocycles. The van der Waals surface area contributed by atoms with E-state index in [1.54, 1.807) is 0 Å². The summed E-state index contributed by atoms with van der Waals surface area (Å²) < 4.78 is 33.8. The molecule has 0 spiro atoms. The Morgan fingerprint density at radius 2 is 3.00 bits per heavy atom. The highest BCUT2D eigenvalue weighted by molar-refractivity contribution is 4.29. The molecule has 0 atom stereocenters. The SMILES string of the molecule is [2H]C([2H])([2H])N(N=O)C([2H])([2H])C. The van der Waals surface area contributed by atoms with Gasteiger partial charge in [-0.15, -0.1) is 4.91 Å². The minimum Gasteiger partial charge on any atom is -0.264 e. The van der Waals surface area contributed by atoms with Crippen LogP contribution in [-0.2, 0) is 0 Å². The van der Waals surface area contributed by atoms with Gasteiger partial charge in [-0.3, -0.25) is 5.01 Å². The van der Waals surface area contributed by atoms with Gasteiger partial charge in [0.2, 0.25) is 0 Å². The number of nitroso groups, excluding NO2 is 1. The second kappa shape index (κ2) is 2.63. The summed E-state index contributed by atoms with van der Waals surface area (Å²) in [5.74, 6) is 0. The molecule has 0 unspecified atom stereocenters. The Balaban J connectivity index is 4.56. The Morgan fingerprint density at radius 3 is 3.00 bits per heavy atom. The van der Waals surface area contributed by atoms with Gasteiger partial charge in [-0.1, -0.05) is 0 Å². The van der Waals surface area contributed by atoms with Gasteiger partial charge in [0.05, 0.1) is 8.03 Å². The highest BCUT2D eigenvalue weighted by Crippen LogP contribution is 1.74. The van der Waals surface area contributed by atoms with E-state index in [2.05, 4.69) is 5.29 Å². The van der Waals surface area contributed by atoms with Crippen molar-refractivity contribution in [3.63, 3.8) is 0 Å². The topological polar surface area (TPSA) is 32.7 Å². The Hall–Kier alpha value is -0.600. The van der Waals surface area contributed by atoms with Crippen LogP contribution in [-0.4, -0.2) is 18.5 Å². The van der Waals surface area contributed by atoms with Gasteiger partial charge in [0.15, 0.2) is 0 Å². The molecule has 0 aromatic heterocycles. The molecular formula is C3H8N2O. The number of rotatable bonds is 2. The van der Waals surface area contributed by atoms with E-state index < -0.39 is 13.5 Å². The van der Waals surface area contributed by atoms with Gasteiger partial charge in [0.25, 0.3) is 0 Å². The van der Waals surface area contributed by atoms with Gasteiger partial charge in [-0.2, -0.15) is 0 Å². The predicted molar refractivity (Wildman–Crippen MR) is 24.1 cm³/mol. The van der Waals surface area contributed by atoms with E-state index in [1.165, 1.54) is 0 Å². The Bertz CT molecular complexity index is 135. The Labute approximate surface area is 43.9 Å². The van der Waals surface area contributed by atoms with E-state index in [0.717, 1.165) is 6.92 Å². The first-order valence-electron chi connectivity index (χ1n) is 3.83. The zero-order valence-corrected chi connectivity index (χ0v) is 3.30. The lowest BCUT2D eigenvalue weighted by Crippen LogP contribution is -2.06. The van der Waals surface area contributed by atoms with Crippen molar-refractivity contribution in [2.24, 2.45) is 5.29 Å². The fourth-order valence-corrected chi connectivity index (χ4v) is 0.0408. The van der Waals surface area contributed by atoms with Crippen molar-refractivity contribution in [2.75, 3.05) is 13.5 Å². The summed E-state index contributed by atoms with van der Waals surface area (Å²) in [6.45, 7) is -4.13. The summed E-state index contributed by atoms with van der Waals surface area (Å²) in [7, 11) is 0. The van der Waals surface area contributed by atoms with E-state index in [-0.39, 0.29) is 5.01 Å². The predicted octanol–water partition coefficient (Wildman–Crippen LogP) is 0.620.